The number of nitro benzene ring substituents is 1. The molecule has 5 heteroatoms. The minimum absolute atomic E-state index is 0.108. The molecule has 100 valence electrons. The number of alkyl halides is 1. The number of hydrogen-bond donors (Lipinski definition) is 1. The number of hydrogen-bond acceptors (Lipinski definition) is 2. The van der Waals surface area contributed by atoms with E-state index in [2.05, 4.69) is 27.0 Å². The Labute approximate surface area is 123 Å². The molecule has 0 atom stereocenters. The van der Waals surface area contributed by atoms with Gasteiger partial charge in [-0.3, -0.25) is 10.1 Å². The van der Waals surface area contributed by atoms with Gasteiger partial charge in [-0.15, -0.1) is 0 Å². The van der Waals surface area contributed by atoms with Crippen LogP contribution in [0, 0.1) is 10.1 Å². The van der Waals surface area contributed by atoms with Crippen molar-refractivity contribution in [1.82, 2.24) is 4.98 Å². The van der Waals surface area contributed by atoms with E-state index < -0.39 is 0 Å². The molecule has 4 nitrogen and oxygen atoms in total. The molecule has 1 aromatic heterocycles. The first-order chi connectivity index (χ1) is 9.69. The minimum atomic E-state index is -0.376. The average molecular weight is 331 g/mol. The second-order valence-corrected chi connectivity index (χ2v) is 5.06. The maximum atomic E-state index is 10.8. The number of benzene rings is 2. The van der Waals surface area contributed by atoms with Gasteiger partial charge in [-0.25, -0.2) is 0 Å². The van der Waals surface area contributed by atoms with Crippen LogP contribution < -0.4 is 0 Å². The fourth-order valence-corrected chi connectivity index (χ4v) is 2.77. The van der Waals surface area contributed by atoms with E-state index in [0.29, 0.717) is 0 Å². The largest absolute Gasteiger partial charge is 0.355 e. The molecule has 20 heavy (non-hydrogen) atoms. The third kappa shape index (κ3) is 2.20. The van der Waals surface area contributed by atoms with Gasteiger partial charge in [0.15, 0.2) is 0 Å². The molecule has 0 fully saturated rings. The van der Waals surface area contributed by atoms with Crippen LogP contribution in [0.15, 0.2) is 48.5 Å². The summed E-state index contributed by atoms with van der Waals surface area (Å²) in [5.74, 6) is 0. The van der Waals surface area contributed by atoms with Gasteiger partial charge in [0.2, 0.25) is 0 Å². The van der Waals surface area contributed by atoms with Crippen molar-refractivity contribution in [3.8, 4) is 11.3 Å². The molecule has 0 saturated carbocycles. The molecule has 0 unspecified atom stereocenters. The van der Waals surface area contributed by atoms with Crippen molar-refractivity contribution in [1.29, 1.82) is 0 Å². The van der Waals surface area contributed by atoms with E-state index in [0.717, 1.165) is 27.5 Å². The van der Waals surface area contributed by atoms with Crippen LogP contribution in [0.25, 0.3) is 22.2 Å². The van der Waals surface area contributed by atoms with E-state index in [1.165, 1.54) is 11.6 Å². The van der Waals surface area contributed by atoms with E-state index in [9.17, 15) is 10.1 Å². The van der Waals surface area contributed by atoms with Gasteiger partial charge in [0.1, 0.15) is 0 Å². The summed E-state index contributed by atoms with van der Waals surface area (Å²) >= 11 is 3.48. The van der Waals surface area contributed by atoms with E-state index in [-0.39, 0.29) is 10.6 Å². The first kappa shape index (κ1) is 12.9. The Morgan fingerprint density at radius 3 is 2.70 bits per heavy atom. The van der Waals surface area contributed by atoms with Gasteiger partial charge in [-0.1, -0.05) is 40.2 Å². The summed E-state index contributed by atoms with van der Waals surface area (Å²) in [6, 6.07) is 14.9. The highest BCUT2D eigenvalue weighted by Gasteiger charge is 2.10. The zero-order chi connectivity index (χ0) is 14.1. The van der Waals surface area contributed by atoms with Crippen LogP contribution in [0.3, 0.4) is 0 Å². The number of H-pyrrole nitrogens is 1. The third-order valence-corrected chi connectivity index (χ3v) is 3.87. The molecule has 2 aromatic carbocycles. The van der Waals surface area contributed by atoms with Gasteiger partial charge in [-0.2, -0.15) is 0 Å². The summed E-state index contributed by atoms with van der Waals surface area (Å²) in [5.41, 5.74) is 4.25. The van der Waals surface area contributed by atoms with Crippen molar-refractivity contribution >= 4 is 32.5 Å². The molecule has 3 aromatic rings. The fourth-order valence-electron chi connectivity index (χ4n) is 2.28. The number of nitrogens with zero attached hydrogens (tertiary/aromatic N) is 1. The van der Waals surface area contributed by atoms with Crippen molar-refractivity contribution in [3.63, 3.8) is 0 Å². The number of nitro groups is 1. The lowest BCUT2D eigenvalue weighted by atomic mass is 10.1. The van der Waals surface area contributed by atoms with Gasteiger partial charge in [0, 0.05) is 39.6 Å². The molecule has 0 spiro atoms. The second-order valence-electron chi connectivity index (χ2n) is 4.50. The van der Waals surface area contributed by atoms with Crippen molar-refractivity contribution in [3.05, 3.63) is 64.2 Å². The lowest BCUT2D eigenvalue weighted by Crippen LogP contribution is -1.86. The van der Waals surface area contributed by atoms with E-state index in [1.807, 2.05) is 24.3 Å². The second kappa shape index (κ2) is 5.09. The minimum Gasteiger partial charge on any atom is -0.355 e. The summed E-state index contributed by atoms with van der Waals surface area (Å²) < 4.78 is 0. The Morgan fingerprint density at radius 1 is 1.15 bits per heavy atom. The Morgan fingerprint density at radius 2 is 1.95 bits per heavy atom. The molecule has 0 bridgehead atoms. The van der Waals surface area contributed by atoms with Gasteiger partial charge in [0.25, 0.3) is 5.69 Å². The van der Waals surface area contributed by atoms with Crippen LogP contribution in [0.4, 0.5) is 5.69 Å². The monoisotopic (exact) mass is 330 g/mol. The van der Waals surface area contributed by atoms with Crippen molar-refractivity contribution < 1.29 is 4.92 Å². The Hall–Kier alpha value is -2.14. The van der Waals surface area contributed by atoms with Crippen LogP contribution in [0.2, 0.25) is 0 Å². The summed E-state index contributed by atoms with van der Waals surface area (Å²) in [4.78, 5) is 13.7. The summed E-state index contributed by atoms with van der Waals surface area (Å²) in [5, 5.41) is 12.4. The van der Waals surface area contributed by atoms with Crippen molar-refractivity contribution in [2.45, 2.75) is 5.33 Å². The maximum Gasteiger partial charge on any atom is 0.270 e. The summed E-state index contributed by atoms with van der Waals surface area (Å²) in [6.07, 6.45) is 0. The Kier molecular flexibility index (Phi) is 3.28. The molecule has 0 aliphatic carbocycles. The molecule has 0 aliphatic heterocycles. The summed E-state index contributed by atoms with van der Waals surface area (Å²) in [7, 11) is 0. The Bertz CT molecular complexity index is 795. The van der Waals surface area contributed by atoms with Gasteiger partial charge in [-0.05, 0) is 17.7 Å². The van der Waals surface area contributed by atoms with E-state index in [1.54, 1.807) is 12.1 Å². The zero-order valence-corrected chi connectivity index (χ0v) is 12.1. The highest BCUT2D eigenvalue weighted by atomic mass is 79.9. The van der Waals surface area contributed by atoms with Crippen molar-refractivity contribution in [2.75, 3.05) is 0 Å². The molecular weight excluding hydrogens is 320 g/mol. The highest BCUT2D eigenvalue weighted by molar-refractivity contribution is 9.08. The van der Waals surface area contributed by atoms with Gasteiger partial charge in [0.05, 0.1) is 4.92 Å². The number of halogens is 1. The lowest BCUT2D eigenvalue weighted by Gasteiger charge is -2.04. The third-order valence-electron chi connectivity index (χ3n) is 3.27. The molecule has 0 amide bonds. The molecule has 1 N–H and O–H groups in total. The maximum absolute atomic E-state index is 10.8. The number of aromatic nitrogens is 1. The van der Waals surface area contributed by atoms with Crippen LogP contribution in [-0.4, -0.2) is 9.91 Å². The molecule has 0 saturated heterocycles. The van der Waals surface area contributed by atoms with Crippen LogP contribution in [0.5, 0.6) is 0 Å². The Balaban J connectivity index is 2.15. The van der Waals surface area contributed by atoms with Crippen LogP contribution >= 0.6 is 15.9 Å². The molecule has 1 heterocycles. The first-order valence-electron chi connectivity index (χ1n) is 6.10. The normalized spacial score (nSPS) is 10.8. The predicted molar refractivity (Wildman–Crippen MR) is 83.0 cm³/mol. The molecule has 0 aliphatic rings. The quantitative estimate of drug-likeness (QED) is 0.432. The van der Waals surface area contributed by atoms with Crippen LogP contribution in [0.1, 0.15) is 5.56 Å². The van der Waals surface area contributed by atoms with Gasteiger partial charge >= 0.3 is 0 Å². The van der Waals surface area contributed by atoms with E-state index >= 15 is 0 Å². The number of nitrogens with one attached hydrogen (secondary N) is 1. The predicted octanol–water partition coefficient (Wildman–Crippen LogP) is 4.64. The molecule has 0 radical (unpaired) electrons. The van der Waals surface area contributed by atoms with Gasteiger partial charge < -0.3 is 4.98 Å². The van der Waals surface area contributed by atoms with E-state index in [4.69, 9.17) is 0 Å². The average Bonchev–Trinajstić information content (AvgIpc) is 2.89. The topological polar surface area (TPSA) is 58.9 Å². The molecular formula is C15H11BrN2O2. The number of non-ortho nitro benzene ring substituents is 1. The summed E-state index contributed by atoms with van der Waals surface area (Å²) in [6.45, 7) is 0. The zero-order valence-electron chi connectivity index (χ0n) is 10.5. The number of fused-ring (bicyclic) bond motifs is 1. The van der Waals surface area contributed by atoms with Crippen molar-refractivity contribution in [2.24, 2.45) is 0 Å². The lowest BCUT2D eigenvalue weighted by molar-refractivity contribution is -0.384. The van der Waals surface area contributed by atoms with Crippen LogP contribution in [-0.2, 0) is 5.33 Å². The SMILES string of the molecule is O=[N+]([O-])c1ccc2[nH]c(-c3ccccc3CBr)cc2c1. The molecule has 3 rings (SSSR count). The number of rotatable bonds is 3. The smallest absolute Gasteiger partial charge is 0.270 e. The fraction of sp³-hybridized carbons (Fsp3) is 0.0667. The number of aromatic amines is 1. The highest BCUT2D eigenvalue weighted by Crippen LogP contribution is 2.29. The first-order valence-corrected chi connectivity index (χ1v) is 7.22. The standard InChI is InChI=1S/C15H11BrN2O2/c16-9-10-3-1-2-4-13(10)15-8-11-7-12(18(19)20)5-6-14(11)17-15/h1-8,17H,9H2.